The van der Waals surface area contributed by atoms with Gasteiger partial charge < -0.3 is 20.1 Å². The van der Waals surface area contributed by atoms with Gasteiger partial charge in [0, 0.05) is 30.5 Å². The number of nitrogens with zero attached hydrogens (tertiary/aromatic N) is 1. The van der Waals surface area contributed by atoms with E-state index < -0.39 is 23.5 Å². The summed E-state index contributed by atoms with van der Waals surface area (Å²) in [5.74, 6) is -0.159. The smallest absolute Gasteiger partial charge is 0.407 e. The Morgan fingerprint density at radius 3 is 2.23 bits per heavy atom. The van der Waals surface area contributed by atoms with E-state index in [0.29, 0.717) is 30.9 Å². The largest absolute Gasteiger partial charge is 0.480 e. The van der Waals surface area contributed by atoms with E-state index in [2.05, 4.69) is 29.6 Å². The number of hydrogen-bond donors (Lipinski definition) is 2. The van der Waals surface area contributed by atoms with Crippen LogP contribution in [0.1, 0.15) is 43.7 Å². The van der Waals surface area contributed by atoms with Gasteiger partial charge in [0.25, 0.3) is 0 Å². The number of fused-ring (bicyclic) bond motifs is 3. The number of carboxylic acids is 1. The first kappa shape index (κ1) is 25.1. The second kappa shape index (κ2) is 10.7. The maximum atomic E-state index is 13.5. The van der Waals surface area contributed by atoms with Crippen LogP contribution in [0.4, 0.5) is 4.79 Å². The molecule has 1 saturated heterocycles. The van der Waals surface area contributed by atoms with Gasteiger partial charge in [0.15, 0.2) is 0 Å². The molecule has 2 aliphatic rings. The molecule has 1 aliphatic heterocycles. The summed E-state index contributed by atoms with van der Waals surface area (Å²) in [6.45, 7) is 4.49. The molecule has 0 bridgehead atoms. The predicted octanol–water partition coefficient (Wildman–Crippen LogP) is 4.36. The van der Waals surface area contributed by atoms with E-state index >= 15 is 0 Å². The number of carboxylic acid groups (broad SMARTS) is 1. The van der Waals surface area contributed by atoms with Crippen LogP contribution >= 0.6 is 11.8 Å². The van der Waals surface area contributed by atoms with Crippen LogP contribution in [0.5, 0.6) is 0 Å². The zero-order valence-corrected chi connectivity index (χ0v) is 21.0. The molecule has 186 valence electrons. The Kier molecular flexibility index (Phi) is 7.69. The van der Waals surface area contributed by atoms with Gasteiger partial charge in [0.2, 0.25) is 5.91 Å². The number of rotatable bonds is 8. The van der Waals surface area contributed by atoms with Gasteiger partial charge in [0.05, 0.1) is 5.41 Å². The number of carbonyl (C=O) groups is 3. The first-order valence-corrected chi connectivity index (χ1v) is 13.3. The number of amides is 2. The Labute approximate surface area is 210 Å². The van der Waals surface area contributed by atoms with Crippen LogP contribution in [0.2, 0.25) is 0 Å². The molecule has 1 fully saturated rings. The number of thioether (sulfide) groups is 1. The highest BCUT2D eigenvalue weighted by Gasteiger charge is 2.43. The first-order valence-electron chi connectivity index (χ1n) is 12.1. The van der Waals surface area contributed by atoms with Gasteiger partial charge in [-0.2, -0.15) is 11.8 Å². The SMILES string of the molecule is CCC(CC)(CNC(=O)OCC1c2ccccc2-c2ccccc21)C(=O)N1CCSCC1C(=O)O. The molecule has 35 heavy (non-hydrogen) atoms. The molecule has 1 atom stereocenters. The average Bonchev–Trinajstić information content (AvgIpc) is 3.21. The van der Waals surface area contributed by atoms with Crippen LogP contribution in [-0.2, 0) is 14.3 Å². The summed E-state index contributed by atoms with van der Waals surface area (Å²) < 4.78 is 5.64. The van der Waals surface area contributed by atoms with Crippen molar-refractivity contribution >= 4 is 29.7 Å². The number of carbonyl (C=O) groups excluding carboxylic acids is 2. The van der Waals surface area contributed by atoms with E-state index in [1.165, 1.54) is 4.90 Å². The Balaban J connectivity index is 1.41. The number of hydrogen-bond acceptors (Lipinski definition) is 5. The van der Waals surface area contributed by atoms with Gasteiger partial charge in [-0.1, -0.05) is 62.4 Å². The lowest BCUT2D eigenvalue weighted by Gasteiger charge is -2.40. The maximum Gasteiger partial charge on any atom is 0.407 e. The summed E-state index contributed by atoms with van der Waals surface area (Å²) >= 11 is 1.54. The van der Waals surface area contributed by atoms with E-state index in [0.717, 1.165) is 22.3 Å². The third-order valence-corrected chi connectivity index (χ3v) is 8.42. The number of ether oxygens (including phenoxy) is 1. The number of alkyl carbamates (subject to hydrolysis) is 1. The van der Waals surface area contributed by atoms with E-state index in [4.69, 9.17) is 4.74 Å². The molecule has 4 rings (SSSR count). The molecule has 0 aromatic heterocycles. The van der Waals surface area contributed by atoms with Gasteiger partial charge in [-0.15, -0.1) is 0 Å². The molecule has 8 heteroatoms. The Bertz CT molecular complexity index is 1050. The van der Waals surface area contributed by atoms with Crippen LogP contribution in [0.3, 0.4) is 0 Å². The fraction of sp³-hybridized carbons (Fsp3) is 0.444. The van der Waals surface area contributed by atoms with Crippen molar-refractivity contribution < 1.29 is 24.2 Å². The molecule has 2 N–H and O–H groups in total. The van der Waals surface area contributed by atoms with Gasteiger partial charge in [-0.25, -0.2) is 9.59 Å². The van der Waals surface area contributed by atoms with Gasteiger partial charge in [-0.05, 0) is 35.1 Å². The highest BCUT2D eigenvalue weighted by atomic mass is 32.2. The van der Waals surface area contributed by atoms with Crippen molar-refractivity contribution in [2.24, 2.45) is 5.41 Å². The maximum absolute atomic E-state index is 13.5. The van der Waals surface area contributed by atoms with Crippen molar-refractivity contribution in [3.05, 3.63) is 59.7 Å². The topological polar surface area (TPSA) is 95.9 Å². The van der Waals surface area contributed by atoms with Crippen LogP contribution in [0, 0.1) is 5.41 Å². The normalized spacial score (nSPS) is 17.4. The van der Waals surface area contributed by atoms with Crippen LogP contribution < -0.4 is 5.32 Å². The minimum atomic E-state index is -0.990. The summed E-state index contributed by atoms with van der Waals surface area (Å²) in [6, 6.07) is 15.5. The molecule has 2 amide bonds. The molecule has 1 unspecified atom stereocenters. The highest BCUT2D eigenvalue weighted by molar-refractivity contribution is 7.99. The quantitative estimate of drug-likeness (QED) is 0.564. The molecule has 7 nitrogen and oxygen atoms in total. The highest BCUT2D eigenvalue weighted by Crippen LogP contribution is 2.44. The second-order valence-corrected chi connectivity index (χ2v) is 10.2. The van der Waals surface area contributed by atoms with Crippen molar-refractivity contribution in [2.75, 3.05) is 31.2 Å². The summed E-state index contributed by atoms with van der Waals surface area (Å²) in [7, 11) is 0. The summed E-state index contributed by atoms with van der Waals surface area (Å²) in [4.78, 5) is 39.4. The Morgan fingerprint density at radius 1 is 1.06 bits per heavy atom. The minimum absolute atomic E-state index is 0.0425. The fourth-order valence-electron chi connectivity index (χ4n) is 5.12. The molecule has 2 aromatic carbocycles. The van der Waals surface area contributed by atoms with Gasteiger partial charge in [-0.3, -0.25) is 4.79 Å². The monoisotopic (exact) mass is 496 g/mol. The van der Waals surface area contributed by atoms with Gasteiger partial charge in [0.1, 0.15) is 12.6 Å². The van der Waals surface area contributed by atoms with Crippen molar-refractivity contribution in [1.29, 1.82) is 0 Å². The second-order valence-electron chi connectivity index (χ2n) is 9.09. The summed E-state index contributed by atoms with van der Waals surface area (Å²) in [6.07, 6.45) is 0.402. The van der Waals surface area contributed by atoms with E-state index in [-0.39, 0.29) is 25.0 Å². The zero-order chi connectivity index (χ0) is 25.0. The summed E-state index contributed by atoms with van der Waals surface area (Å²) in [5, 5.41) is 12.4. The number of benzene rings is 2. The van der Waals surface area contributed by atoms with Gasteiger partial charge >= 0.3 is 12.1 Å². The molecule has 1 aliphatic carbocycles. The Hall–Kier alpha value is -3.00. The lowest BCUT2D eigenvalue weighted by Crippen LogP contribution is -2.57. The van der Waals surface area contributed by atoms with Crippen LogP contribution in [-0.4, -0.2) is 65.2 Å². The fourth-order valence-corrected chi connectivity index (χ4v) is 6.16. The van der Waals surface area contributed by atoms with Crippen molar-refractivity contribution in [1.82, 2.24) is 10.2 Å². The molecule has 0 radical (unpaired) electrons. The number of aliphatic carboxylic acids is 1. The van der Waals surface area contributed by atoms with Crippen LogP contribution in [0.25, 0.3) is 11.1 Å². The Morgan fingerprint density at radius 2 is 1.66 bits per heavy atom. The van der Waals surface area contributed by atoms with E-state index in [9.17, 15) is 19.5 Å². The lowest BCUT2D eigenvalue weighted by molar-refractivity contribution is -0.154. The summed E-state index contributed by atoms with van der Waals surface area (Å²) in [5.41, 5.74) is 3.71. The standard InChI is InChI=1S/C27H32N2O5S/c1-3-27(4-2,25(32)29-13-14-35-16-23(29)24(30)31)17-28-26(33)34-15-22-20-11-7-5-9-18(20)19-10-6-8-12-21(19)22/h5-12,22-23H,3-4,13-17H2,1-2H3,(H,28,33)(H,30,31). The van der Waals surface area contributed by atoms with Crippen LogP contribution in [0.15, 0.2) is 48.5 Å². The molecule has 0 saturated carbocycles. The van der Waals surface area contributed by atoms with E-state index in [1.807, 2.05) is 38.1 Å². The molecule has 2 aromatic rings. The van der Waals surface area contributed by atoms with Crippen molar-refractivity contribution in [2.45, 2.75) is 38.6 Å². The first-order chi connectivity index (χ1) is 16.9. The molecular formula is C27H32N2O5S. The lowest BCUT2D eigenvalue weighted by atomic mass is 9.80. The van der Waals surface area contributed by atoms with Crippen molar-refractivity contribution in [3.63, 3.8) is 0 Å². The van der Waals surface area contributed by atoms with E-state index in [1.54, 1.807) is 11.8 Å². The molecule has 0 spiro atoms. The molecular weight excluding hydrogens is 464 g/mol. The van der Waals surface area contributed by atoms with Crippen molar-refractivity contribution in [3.8, 4) is 11.1 Å². The minimum Gasteiger partial charge on any atom is -0.480 e. The predicted molar refractivity (Wildman–Crippen MR) is 137 cm³/mol. The third-order valence-electron chi connectivity index (χ3n) is 7.40. The average molecular weight is 497 g/mol. The molecule has 1 heterocycles. The number of nitrogens with one attached hydrogen (secondary N) is 1. The zero-order valence-electron chi connectivity index (χ0n) is 20.2. The third kappa shape index (κ3) is 4.89.